The maximum absolute atomic E-state index is 5.35. The quantitative estimate of drug-likeness (QED) is 0.578. The van der Waals surface area contributed by atoms with Crippen molar-refractivity contribution in [3.05, 3.63) is 54.5 Å². The molecule has 0 aliphatic rings. The van der Waals surface area contributed by atoms with Crippen LogP contribution in [-0.2, 0) is 6.42 Å². The zero-order valence-corrected chi connectivity index (χ0v) is 14.8. The van der Waals surface area contributed by atoms with Gasteiger partial charge in [0.05, 0.1) is 12.8 Å². The Labute approximate surface area is 144 Å². The Kier molecular flexibility index (Phi) is 7.21. The van der Waals surface area contributed by atoms with Crippen molar-refractivity contribution >= 4 is 11.6 Å². The number of nitrogens with one attached hydrogen (secondary N) is 2. The fourth-order valence-electron chi connectivity index (χ4n) is 2.36. The zero-order valence-electron chi connectivity index (χ0n) is 14.8. The second kappa shape index (κ2) is 9.65. The summed E-state index contributed by atoms with van der Waals surface area (Å²) in [7, 11) is 2.10. The zero-order chi connectivity index (χ0) is 17.2. The molecule has 1 unspecified atom stereocenters. The minimum Gasteiger partial charge on any atom is -0.469 e. The van der Waals surface area contributed by atoms with E-state index in [-0.39, 0.29) is 0 Å². The van der Waals surface area contributed by atoms with Gasteiger partial charge in [0.1, 0.15) is 5.76 Å². The molecular weight excluding hydrogens is 300 g/mol. The fraction of sp³-hybridized carbons (Fsp3) is 0.421. The molecule has 2 aromatic rings. The predicted octanol–water partition coefficient (Wildman–Crippen LogP) is 2.90. The third-order valence-corrected chi connectivity index (χ3v) is 3.93. The molecule has 5 nitrogen and oxygen atoms in total. The maximum atomic E-state index is 5.35. The van der Waals surface area contributed by atoms with Crippen LogP contribution in [-0.4, -0.2) is 38.7 Å². The van der Waals surface area contributed by atoms with Gasteiger partial charge in [-0.25, -0.2) is 0 Å². The molecule has 1 heterocycles. The van der Waals surface area contributed by atoms with E-state index in [1.54, 1.807) is 6.26 Å². The van der Waals surface area contributed by atoms with E-state index in [9.17, 15) is 0 Å². The number of likely N-dealkylation sites (N-methyl/N-ethyl adjacent to an activating group) is 1. The number of anilines is 1. The van der Waals surface area contributed by atoms with E-state index in [4.69, 9.17) is 9.41 Å². The number of benzene rings is 1. The first-order chi connectivity index (χ1) is 11.7. The molecule has 0 bridgehead atoms. The van der Waals surface area contributed by atoms with Gasteiger partial charge in [-0.2, -0.15) is 0 Å². The van der Waals surface area contributed by atoms with Crippen molar-refractivity contribution in [2.24, 2.45) is 4.99 Å². The van der Waals surface area contributed by atoms with Crippen molar-refractivity contribution in [2.75, 3.05) is 31.6 Å². The predicted molar refractivity (Wildman–Crippen MR) is 101 cm³/mol. The highest BCUT2D eigenvalue weighted by Gasteiger charge is 2.09. The number of rotatable bonds is 8. The molecule has 1 atom stereocenters. The lowest BCUT2D eigenvalue weighted by Crippen LogP contribution is -2.40. The number of guanidine groups is 1. The van der Waals surface area contributed by atoms with Gasteiger partial charge < -0.3 is 20.0 Å². The Morgan fingerprint density at radius 2 is 1.96 bits per heavy atom. The Hall–Kier alpha value is -2.43. The molecular formula is C19H28N4O. The standard InChI is InChI=1S/C19H28N4O/c1-4-20-19(21-13-12-18-11-8-14-24-18)22-15-16(2)23(3)17-9-6-5-7-10-17/h5-11,14,16H,4,12-13,15H2,1-3H3,(H2,20,21,22). The van der Waals surface area contributed by atoms with Crippen molar-refractivity contribution in [3.63, 3.8) is 0 Å². The van der Waals surface area contributed by atoms with E-state index in [0.29, 0.717) is 6.04 Å². The van der Waals surface area contributed by atoms with Crippen LogP contribution in [0.15, 0.2) is 58.1 Å². The summed E-state index contributed by atoms with van der Waals surface area (Å²) < 4.78 is 5.35. The first-order valence-corrected chi connectivity index (χ1v) is 8.53. The lowest BCUT2D eigenvalue weighted by molar-refractivity contribution is 0.506. The largest absolute Gasteiger partial charge is 0.469 e. The summed E-state index contributed by atoms with van der Waals surface area (Å²) in [4.78, 5) is 6.95. The van der Waals surface area contributed by atoms with Crippen LogP contribution in [0.25, 0.3) is 0 Å². The molecule has 0 fully saturated rings. The third-order valence-electron chi connectivity index (χ3n) is 3.93. The molecule has 2 rings (SSSR count). The number of para-hydroxylation sites is 1. The molecule has 1 aromatic heterocycles. The van der Waals surface area contributed by atoms with Gasteiger partial charge in [-0.15, -0.1) is 0 Å². The molecule has 130 valence electrons. The van der Waals surface area contributed by atoms with E-state index >= 15 is 0 Å². The van der Waals surface area contributed by atoms with E-state index in [0.717, 1.165) is 37.8 Å². The summed E-state index contributed by atoms with van der Waals surface area (Å²) in [5.74, 6) is 1.83. The highest BCUT2D eigenvalue weighted by molar-refractivity contribution is 5.79. The molecule has 24 heavy (non-hydrogen) atoms. The molecule has 0 aliphatic heterocycles. The van der Waals surface area contributed by atoms with Gasteiger partial charge in [-0.1, -0.05) is 18.2 Å². The Balaban J connectivity index is 1.84. The molecule has 0 radical (unpaired) electrons. The summed E-state index contributed by atoms with van der Waals surface area (Å²) >= 11 is 0. The van der Waals surface area contributed by atoms with Crippen LogP contribution in [0, 0.1) is 0 Å². The highest BCUT2D eigenvalue weighted by atomic mass is 16.3. The lowest BCUT2D eigenvalue weighted by atomic mass is 10.2. The van der Waals surface area contributed by atoms with Crippen LogP contribution < -0.4 is 15.5 Å². The molecule has 0 amide bonds. The first kappa shape index (κ1) is 17.9. The van der Waals surface area contributed by atoms with Crippen LogP contribution >= 0.6 is 0 Å². The normalized spacial score (nSPS) is 12.7. The SMILES string of the molecule is CCNC(=NCC(C)N(C)c1ccccc1)NCCc1ccco1. The number of aliphatic imine (C=N–C) groups is 1. The summed E-state index contributed by atoms with van der Waals surface area (Å²) in [5.41, 5.74) is 1.20. The highest BCUT2D eigenvalue weighted by Crippen LogP contribution is 2.14. The van der Waals surface area contributed by atoms with E-state index in [1.807, 2.05) is 18.2 Å². The summed E-state index contributed by atoms with van der Waals surface area (Å²) in [5, 5.41) is 6.64. The van der Waals surface area contributed by atoms with Gasteiger partial charge >= 0.3 is 0 Å². The molecule has 0 saturated carbocycles. The molecule has 0 aliphatic carbocycles. The summed E-state index contributed by atoms with van der Waals surface area (Å²) in [6.07, 6.45) is 2.55. The van der Waals surface area contributed by atoms with Crippen molar-refractivity contribution in [2.45, 2.75) is 26.3 Å². The summed E-state index contributed by atoms with van der Waals surface area (Å²) in [6, 6.07) is 14.6. The van der Waals surface area contributed by atoms with Gasteiger partial charge in [0.2, 0.25) is 0 Å². The van der Waals surface area contributed by atoms with E-state index in [2.05, 4.69) is 60.7 Å². The number of hydrogen-bond donors (Lipinski definition) is 2. The Morgan fingerprint density at radius 1 is 1.17 bits per heavy atom. The first-order valence-electron chi connectivity index (χ1n) is 8.53. The van der Waals surface area contributed by atoms with Crippen molar-refractivity contribution in [3.8, 4) is 0 Å². The average Bonchev–Trinajstić information content (AvgIpc) is 3.13. The van der Waals surface area contributed by atoms with E-state index < -0.39 is 0 Å². The average molecular weight is 328 g/mol. The van der Waals surface area contributed by atoms with Gasteiger partial charge in [0.25, 0.3) is 0 Å². The van der Waals surface area contributed by atoms with Crippen molar-refractivity contribution in [1.82, 2.24) is 10.6 Å². The van der Waals surface area contributed by atoms with Crippen molar-refractivity contribution < 1.29 is 4.42 Å². The number of nitrogens with zero attached hydrogens (tertiary/aromatic N) is 2. The van der Waals surface area contributed by atoms with Crippen LogP contribution in [0.5, 0.6) is 0 Å². The fourth-order valence-corrected chi connectivity index (χ4v) is 2.36. The second-order valence-electron chi connectivity index (χ2n) is 5.77. The minimum absolute atomic E-state index is 0.313. The molecule has 5 heteroatoms. The lowest BCUT2D eigenvalue weighted by Gasteiger charge is -2.26. The Bertz CT molecular complexity index is 595. The number of hydrogen-bond acceptors (Lipinski definition) is 3. The molecule has 0 spiro atoms. The van der Waals surface area contributed by atoms with Gasteiger partial charge in [-0.05, 0) is 38.1 Å². The van der Waals surface area contributed by atoms with Gasteiger partial charge in [0.15, 0.2) is 5.96 Å². The van der Waals surface area contributed by atoms with Gasteiger partial charge in [-0.3, -0.25) is 4.99 Å². The minimum atomic E-state index is 0.313. The van der Waals surface area contributed by atoms with Crippen LogP contribution in [0.1, 0.15) is 19.6 Å². The third kappa shape index (κ3) is 5.65. The number of furan rings is 1. The van der Waals surface area contributed by atoms with Crippen molar-refractivity contribution in [1.29, 1.82) is 0 Å². The summed E-state index contributed by atoms with van der Waals surface area (Å²) in [6.45, 7) is 6.62. The smallest absolute Gasteiger partial charge is 0.191 e. The second-order valence-corrected chi connectivity index (χ2v) is 5.77. The van der Waals surface area contributed by atoms with Crippen LogP contribution in [0.4, 0.5) is 5.69 Å². The molecule has 0 saturated heterocycles. The van der Waals surface area contributed by atoms with Crippen LogP contribution in [0.3, 0.4) is 0 Å². The molecule has 2 N–H and O–H groups in total. The monoisotopic (exact) mass is 328 g/mol. The Morgan fingerprint density at radius 3 is 2.62 bits per heavy atom. The van der Waals surface area contributed by atoms with Gasteiger partial charge in [0, 0.05) is 38.3 Å². The van der Waals surface area contributed by atoms with Crippen LogP contribution in [0.2, 0.25) is 0 Å². The maximum Gasteiger partial charge on any atom is 0.191 e. The topological polar surface area (TPSA) is 52.8 Å². The van der Waals surface area contributed by atoms with E-state index in [1.165, 1.54) is 5.69 Å². The molecule has 1 aromatic carbocycles.